The van der Waals surface area contributed by atoms with Crippen molar-refractivity contribution in [2.24, 2.45) is 0 Å². The first kappa shape index (κ1) is 21.0. The van der Waals surface area contributed by atoms with Crippen molar-refractivity contribution in [2.45, 2.75) is 44.8 Å². The van der Waals surface area contributed by atoms with Crippen molar-refractivity contribution in [2.75, 3.05) is 13.7 Å². The van der Waals surface area contributed by atoms with E-state index in [4.69, 9.17) is 9.47 Å². The van der Waals surface area contributed by atoms with Gasteiger partial charge in [0.2, 0.25) is 0 Å². The van der Waals surface area contributed by atoms with Crippen LogP contribution in [0.3, 0.4) is 0 Å². The van der Waals surface area contributed by atoms with Crippen LogP contribution in [0.4, 0.5) is 18.0 Å². The molecule has 0 aromatic heterocycles. The highest BCUT2D eigenvalue weighted by atomic mass is 19.4. The average Bonchev–Trinajstić information content (AvgIpc) is 2.48. The summed E-state index contributed by atoms with van der Waals surface area (Å²) >= 11 is 0. The molecule has 0 saturated carbocycles. The molecular weight excluding hydrogens is 343 g/mol. The molecule has 0 aliphatic rings. The van der Waals surface area contributed by atoms with Crippen LogP contribution in [0.25, 0.3) is 0 Å². The first-order chi connectivity index (χ1) is 11.3. The molecule has 0 heterocycles. The minimum absolute atomic E-state index is 0.0170. The fourth-order valence-corrected chi connectivity index (χ4v) is 1.96. The molecule has 2 unspecified atom stereocenters. The Morgan fingerprint density at radius 3 is 2.32 bits per heavy atom. The summed E-state index contributed by atoms with van der Waals surface area (Å²) in [7, 11) is 1.07. The van der Waals surface area contributed by atoms with Crippen LogP contribution in [0.5, 0.6) is 5.75 Å². The molecule has 0 saturated heterocycles. The van der Waals surface area contributed by atoms with Crippen molar-refractivity contribution in [3.8, 4) is 5.75 Å². The lowest BCUT2D eigenvalue weighted by atomic mass is 10.0. The number of alkyl carbamates (subject to hydrolysis) is 1. The van der Waals surface area contributed by atoms with Gasteiger partial charge in [-0.2, -0.15) is 13.2 Å². The fourth-order valence-electron chi connectivity index (χ4n) is 1.96. The quantitative estimate of drug-likeness (QED) is 0.747. The number of aliphatic hydroxyl groups is 2. The molecule has 25 heavy (non-hydrogen) atoms. The Hall–Kier alpha value is -2.00. The molecule has 2 atom stereocenters. The number of amides is 1. The van der Waals surface area contributed by atoms with Crippen molar-refractivity contribution in [1.82, 2.24) is 5.32 Å². The average molecular weight is 365 g/mol. The second-order valence-corrected chi connectivity index (χ2v) is 6.35. The number of rotatable bonds is 5. The number of hydrogen-bond donors (Lipinski definition) is 3. The van der Waals surface area contributed by atoms with Crippen molar-refractivity contribution in [1.29, 1.82) is 0 Å². The molecule has 0 spiro atoms. The molecule has 0 aliphatic carbocycles. The van der Waals surface area contributed by atoms with Gasteiger partial charge in [-0.25, -0.2) is 4.79 Å². The van der Waals surface area contributed by atoms with Gasteiger partial charge in [0, 0.05) is 6.54 Å². The third-order valence-electron chi connectivity index (χ3n) is 3.09. The first-order valence-electron chi connectivity index (χ1n) is 7.43. The topological polar surface area (TPSA) is 88.0 Å². The van der Waals surface area contributed by atoms with Gasteiger partial charge in [-0.15, -0.1) is 0 Å². The van der Waals surface area contributed by atoms with Crippen molar-refractivity contribution in [3.63, 3.8) is 0 Å². The lowest BCUT2D eigenvalue weighted by Crippen LogP contribution is -2.38. The smallest absolute Gasteiger partial charge is 0.419 e. The molecule has 1 rings (SSSR count). The molecule has 1 amide bonds. The largest absolute Gasteiger partial charge is 0.496 e. The van der Waals surface area contributed by atoms with E-state index in [0.717, 1.165) is 25.3 Å². The highest BCUT2D eigenvalue weighted by molar-refractivity contribution is 5.67. The molecule has 142 valence electrons. The monoisotopic (exact) mass is 365 g/mol. The van der Waals surface area contributed by atoms with E-state index in [1.807, 2.05) is 0 Å². The number of aliphatic hydroxyl groups excluding tert-OH is 2. The SMILES string of the molecule is COc1cc(C(O)C(O)CNC(=O)OC(C)(C)C)ccc1C(F)(F)F. The van der Waals surface area contributed by atoms with Crippen LogP contribution in [0.1, 0.15) is 38.0 Å². The molecular formula is C16H22F3NO5. The number of benzene rings is 1. The second-order valence-electron chi connectivity index (χ2n) is 6.35. The molecule has 1 aromatic carbocycles. The first-order valence-corrected chi connectivity index (χ1v) is 7.43. The van der Waals surface area contributed by atoms with Gasteiger partial charge in [0.25, 0.3) is 0 Å². The van der Waals surface area contributed by atoms with Crippen LogP contribution < -0.4 is 10.1 Å². The summed E-state index contributed by atoms with van der Waals surface area (Å²) in [6, 6.07) is 2.78. The normalized spacial score (nSPS) is 14.6. The maximum atomic E-state index is 12.8. The summed E-state index contributed by atoms with van der Waals surface area (Å²) in [5.41, 5.74) is -1.70. The minimum atomic E-state index is -4.61. The van der Waals surface area contributed by atoms with E-state index in [0.29, 0.717) is 0 Å². The maximum absolute atomic E-state index is 12.8. The number of methoxy groups -OCH3 is 1. The van der Waals surface area contributed by atoms with Crippen LogP contribution in [-0.2, 0) is 10.9 Å². The van der Waals surface area contributed by atoms with Crippen molar-refractivity contribution in [3.05, 3.63) is 29.3 Å². The van der Waals surface area contributed by atoms with Gasteiger partial charge in [0.05, 0.1) is 12.7 Å². The predicted octanol–water partition coefficient (Wildman–Crippen LogP) is 2.63. The Bertz CT molecular complexity index is 598. The minimum Gasteiger partial charge on any atom is -0.496 e. The Kier molecular flexibility index (Phi) is 6.67. The van der Waals surface area contributed by atoms with E-state index >= 15 is 0 Å². The molecule has 0 bridgehead atoms. The van der Waals surface area contributed by atoms with Gasteiger partial charge < -0.3 is 25.0 Å². The van der Waals surface area contributed by atoms with Crippen LogP contribution in [0, 0.1) is 0 Å². The van der Waals surface area contributed by atoms with Gasteiger partial charge in [-0.3, -0.25) is 0 Å². The maximum Gasteiger partial charge on any atom is 0.419 e. The molecule has 9 heteroatoms. The summed E-state index contributed by atoms with van der Waals surface area (Å²) in [5.74, 6) is -0.476. The summed E-state index contributed by atoms with van der Waals surface area (Å²) in [6.45, 7) is 4.63. The lowest BCUT2D eigenvalue weighted by Gasteiger charge is -2.23. The molecule has 0 aliphatic heterocycles. The summed E-state index contributed by atoms with van der Waals surface area (Å²) < 4.78 is 48.1. The van der Waals surface area contributed by atoms with E-state index in [1.165, 1.54) is 0 Å². The number of hydrogen-bond acceptors (Lipinski definition) is 5. The molecule has 3 N–H and O–H groups in total. The third-order valence-corrected chi connectivity index (χ3v) is 3.09. The zero-order valence-corrected chi connectivity index (χ0v) is 14.3. The highest BCUT2D eigenvalue weighted by Crippen LogP contribution is 2.37. The van der Waals surface area contributed by atoms with Crippen LogP contribution in [0.2, 0.25) is 0 Å². The van der Waals surface area contributed by atoms with E-state index in [-0.39, 0.29) is 12.1 Å². The number of carbonyl (C=O) groups excluding carboxylic acids is 1. The Labute approximate surface area is 143 Å². The fraction of sp³-hybridized carbons (Fsp3) is 0.562. The Morgan fingerprint density at radius 1 is 1.24 bits per heavy atom. The van der Waals surface area contributed by atoms with Gasteiger partial charge in [0.1, 0.15) is 23.6 Å². The van der Waals surface area contributed by atoms with Gasteiger partial charge in [-0.1, -0.05) is 6.07 Å². The van der Waals surface area contributed by atoms with E-state index in [9.17, 15) is 28.2 Å². The zero-order valence-electron chi connectivity index (χ0n) is 14.3. The van der Waals surface area contributed by atoms with Crippen LogP contribution in [-0.4, -0.2) is 41.7 Å². The molecule has 6 nitrogen and oxygen atoms in total. The molecule has 1 aromatic rings. The Morgan fingerprint density at radius 2 is 1.84 bits per heavy atom. The van der Waals surface area contributed by atoms with Gasteiger partial charge in [-0.05, 0) is 38.5 Å². The summed E-state index contributed by atoms with van der Waals surface area (Å²) in [4.78, 5) is 11.5. The van der Waals surface area contributed by atoms with Gasteiger partial charge >= 0.3 is 12.3 Å². The second kappa shape index (κ2) is 7.92. The number of carbonyl (C=O) groups is 1. The third kappa shape index (κ3) is 6.43. The number of alkyl halides is 3. The lowest BCUT2D eigenvalue weighted by molar-refractivity contribution is -0.138. The summed E-state index contributed by atoms with van der Waals surface area (Å²) in [5, 5.41) is 22.3. The number of nitrogens with one attached hydrogen (secondary N) is 1. The van der Waals surface area contributed by atoms with Crippen LogP contribution in [0.15, 0.2) is 18.2 Å². The molecule has 0 fully saturated rings. The van der Waals surface area contributed by atoms with Gasteiger partial charge in [0.15, 0.2) is 0 Å². The number of ether oxygens (including phenoxy) is 2. The predicted molar refractivity (Wildman–Crippen MR) is 83.2 cm³/mol. The molecule has 0 radical (unpaired) electrons. The highest BCUT2D eigenvalue weighted by Gasteiger charge is 2.35. The van der Waals surface area contributed by atoms with Crippen molar-refractivity contribution >= 4 is 6.09 Å². The van der Waals surface area contributed by atoms with Crippen LogP contribution >= 0.6 is 0 Å². The van der Waals surface area contributed by atoms with Crippen molar-refractivity contribution < 1.29 is 37.7 Å². The standard InChI is InChI=1S/C16H22F3NO5/c1-15(2,3)25-14(23)20-8-11(21)13(22)9-5-6-10(16(17,18)19)12(7-9)24-4/h5-7,11,13,21-22H,8H2,1-4H3,(H,20,23). The summed E-state index contributed by atoms with van der Waals surface area (Å²) in [6.07, 6.45) is -8.37. The van der Waals surface area contributed by atoms with E-state index < -0.39 is 41.4 Å². The zero-order chi connectivity index (χ0) is 19.4. The van der Waals surface area contributed by atoms with E-state index in [2.05, 4.69) is 5.32 Å². The Balaban J connectivity index is 2.79. The van der Waals surface area contributed by atoms with E-state index in [1.54, 1.807) is 20.8 Å². The number of halogens is 3.